The molecule has 0 unspecified atom stereocenters. The van der Waals surface area contributed by atoms with Crippen LogP contribution in [0.1, 0.15) is 58.9 Å². The molecule has 1 saturated carbocycles. The minimum atomic E-state index is -0.213. The van der Waals surface area contributed by atoms with Crippen molar-refractivity contribution < 1.29 is 14.1 Å². The maximum Gasteiger partial charge on any atom is 0.259 e. The van der Waals surface area contributed by atoms with Gasteiger partial charge in [-0.05, 0) is 62.9 Å². The predicted octanol–water partition coefficient (Wildman–Crippen LogP) is 4.10. The van der Waals surface area contributed by atoms with E-state index in [1.54, 1.807) is 0 Å². The Morgan fingerprint density at radius 3 is 2.76 bits per heavy atom. The van der Waals surface area contributed by atoms with Crippen LogP contribution in [0.25, 0.3) is 11.1 Å². The lowest BCUT2D eigenvalue weighted by Crippen LogP contribution is -2.24. The van der Waals surface area contributed by atoms with Crippen molar-refractivity contribution in [1.82, 2.24) is 10.1 Å². The number of carbonyl (C=O) groups is 2. The van der Waals surface area contributed by atoms with Gasteiger partial charge in [0, 0.05) is 36.0 Å². The molecule has 1 saturated heterocycles. The lowest BCUT2D eigenvalue weighted by Gasteiger charge is -2.19. The smallest absolute Gasteiger partial charge is 0.259 e. The number of nitrogens with zero attached hydrogens (tertiary/aromatic N) is 3. The van der Waals surface area contributed by atoms with Crippen molar-refractivity contribution in [3.05, 3.63) is 46.8 Å². The molecule has 2 amide bonds. The van der Waals surface area contributed by atoms with E-state index in [0.29, 0.717) is 40.4 Å². The Morgan fingerprint density at radius 2 is 2.07 bits per heavy atom. The van der Waals surface area contributed by atoms with Gasteiger partial charge in [0.25, 0.3) is 11.6 Å². The molecule has 3 heterocycles. The monoisotopic (exact) mass is 390 g/mol. The molecule has 7 nitrogen and oxygen atoms in total. The van der Waals surface area contributed by atoms with Crippen LogP contribution in [-0.2, 0) is 4.79 Å². The summed E-state index contributed by atoms with van der Waals surface area (Å²) in [6.45, 7) is 4.51. The average Bonchev–Trinajstić information content (AvgIpc) is 3.37. The molecule has 0 spiro atoms. The summed E-state index contributed by atoms with van der Waals surface area (Å²) in [5, 5.41) is 7.63. The molecule has 5 rings (SSSR count). The first-order valence-corrected chi connectivity index (χ1v) is 10.0. The summed E-state index contributed by atoms with van der Waals surface area (Å²) in [6.07, 6.45) is 3.65. The third-order valence-corrected chi connectivity index (χ3v) is 5.70. The van der Waals surface area contributed by atoms with E-state index in [0.717, 1.165) is 42.8 Å². The van der Waals surface area contributed by atoms with Crippen molar-refractivity contribution in [3.63, 3.8) is 0 Å². The van der Waals surface area contributed by atoms with Crippen LogP contribution in [0, 0.1) is 13.8 Å². The van der Waals surface area contributed by atoms with Gasteiger partial charge in [-0.25, -0.2) is 4.98 Å². The van der Waals surface area contributed by atoms with Gasteiger partial charge in [-0.1, -0.05) is 5.16 Å². The fourth-order valence-electron chi connectivity index (χ4n) is 4.02. The molecule has 1 aromatic carbocycles. The minimum absolute atomic E-state index is 0.152. The molecule has 3 aromatic rings. The first-order valence-electron chi connectivity index (χ1n) is 10.0. The predicted molar refractivity (Wildman–Crippen MR) is 109 cm³/mol. The molecular weight excluding hydrogens is 368 g/mol. The second-order valence-electron chi connectivity index (χ2n) is 7.92. The van der Waals surface area contributed by atoms with Crippen molar-refractivity contribution >= 4 is 34.3 Å². The van der Waals surface area contributed by atoms with Crippen molar-refractivity contribution in [1.29, 1.82) is 0 Å². The van der Waals surface area contributed by atoms with E-state index in [9.17, 15) is 9.59 Å². The van der Waals surface area contributed by atoms with Crippen molar-refractivity contribution in [3.8, 4) is 0 Å². The number of hydrogen-bond donors (Lipinski definition) is 1. The first kappa shape index (κ1) is 17.8. The molecule has 1 N–H and O–H groups in total. The Balaban J connectivity index is 1.45. The van der Waals surface area contributed by atoms with E-state index in [1.165, 1.54) is 0 Å². The standard InChI is InChI=1S/C22H22N4O3/c1-12-10-15(7-8-18(12)26-9-3-4-19(26)27)23-21(28)16-11-17(14-5-6-14)24-22-20(16)13(2)25-29-22/h7-8,10-11,14H,3-6,9H2,1-2H3,(H,23,28). The number of carbonyl (C=O) groups excluding carboxylic acids is 2. The van der Waals surface area contributed by atoms with Gasteiger partial charge in [0.2, 0.25) is 5.91 Å². The molecule has 2 aliphatic rings. The van der Waals surface area contributed by atoms with Gasteiger partial charge < -0.3 is 14.7 Å². The number of nitrogens with one attached hydrogen (secondary N) is 1. The second kappa shape index (κ2) is 6.69. The highest BCUT2D eigenvalue weighted by molar-refractivity contribution is 6.12. The van der Waals surface area contributed by atoms with E-state index in [4.69, 9.17) is 4.52 Å². The highest BCUT2D eigenvalue weighted by Crippen LogP contribution is 2.40. The topological polar surface area (TPSA) is 88.3 Å². The third kappa shape index (κ3) is 3.16. The number of fused-ring (bicyclic) bond motifs is 1. The SMILES string of the molecule is Cc1cc(NC(=O)c2cc(C3CC3)nc3onc(C)c23)ccc1N1CCCC1=O. The maximum absolute atomic E-state index is 13.1. The zero-order valence-corrected chi connectivity index (χ0v) is 16.5. The van der Waals surface area contributed by atoms with E-state index in [-0.39, 0.29) is 11.8 Å². The number of rotatable bonds is 4. The number of amides is 2. The van der Waals surface area contributed by atoms with Crippen LogP contribution in [0.3, 0.4) is 0 Å². The maximum atomic E-state index is 13.1. The quantitative estimate of drug-likeness (QED) is 0.725. The van der Waals surface area contributed by atoms with Gasteiger partial charge in [-0.2, -0.15) is 0 Å². The zero-order valence-electron chi connectivity index (χ0n) is 16.5. The summed E-state index contributed by atoms with van der Waals surface area (Å²) < 4.78 is 5.33. The number of hydrogen-bond acceptors (Lipinski definition) is 5. The minimum Gasteiger partial charge on any atom is -0.336 e. The van der Waals surface area contributed by atoms with Crippen LogP contribution in [0.5, 0.6) is 0 Å². The summed E-state index contributed by atoms with van der Waals surface area (Å²) >= 11 is 0. The molecule has 0 atom stereocenters. The van der Waals surface area contributed by atoms with Gasteiger partial charge >= 0.3 is 0 Å². The Labute approximate surface area is 168 Å². The Bertz CT molecular complexity index is 1150. The van der Waals surface area contributed by atoms with E-state index >= 15 is 0 Å². The highest BCUT2D eigenvalue weighted by Gasteiger charge is 2.29. The molecule has 0 bridgehead atoms. The number of benzene rings is 1. The lowest BCUT2D eigenvalue weighted by molar-refractivity contribution is -0.117. The fourth-order valence-corrected chi connectivity index (χ4v) is 4.02. The Hall–Kier alpha value is -3.22. The Kier molecular flexibility index (Phi) is 4.12. The molecule has 29 heavy (non-hydrogen) atoms. The summed E-state index contributed by atoms with van der Waals surface area (Å²) in [4.78, 5) is 31.5. The zero-order chi connectivity index (χ0) is 20.1. The molecule has 2 aromatic heterocycles. The van der Waals surface area contributed by atoms with Crippen LogP contribution in [0.4, 0.5) is 11.4 Å². The highest BCUT2D eigenvalue weighted by atomic mass is 16.5. The largest absolute Gasteiger partial charge is 0.336 e. The average molecular weight is 390 g/mol. The molecule has 0 radical (unpaired) electrons. The molecule has 148 valence electrons. The Morgan fingerprint density at radius 1 is 1.24 bits per heavy atom. The summed E-state index contributed by atoms with van der Waals surface area (Å²) in [5.41, 5.74) is 5.04. The normalized spacial score (nSPS) is 16.6. The van der Waals surface area contributed by atoms with Crippen molar-refractivity contribution in [2.24, 2.45) is 0 Å². The van der Waals surface area contributed by atoms with Crippen LogP contribution >= 0.6 is 0 Å². The first-order chi connectivity index (χ1) is 14.0. The molecule has 2 fully saturated rings. The van der Waals surface area contributed by atoms with Crippen LogP contribution < -0.4 is 10.2 Å². The van der Waals surface area contributed by atoms with E-state index in [1.807, 2.05) is 43.0 Å². The lowest BCUT2D eigenvalue weighted by atomic mass is 10.1. The van der Waals surface area contributed by atoms with Crippen LogP contribution in [0.15, 0.2) is 28.8 Å². The third-order valence-electron chi connectivity index (χ3n) is 5.70. The van der Waals surface area contributed by atoms with Gasteiger partial charge in [-0.3, -0.25) is 9.59 Å². The van der Waals surface area contributed by atoms with E-state index < -0.39 is 0 Å². The van der Waals surface area contributed by atoms with Gasteiger partial charge in [0.05, 0.1) is 16.6 Å². The second-order valence-corrected chi connectivity index (χ2v) is 7.92. The molecule has 1 aliphatic carbocycles. The molecular formula is C22H22N4O3. The number of pyridine rings is 1. The van der Waals surface area contributed by atoms with Crippen LogP contribution in [0.2, 0.25) is 0 Å². The van der Waals surface area contributed by atoms with E-state index in [2.05, 4.69) is 15.5 Å². The molecule has 1 aliphatic heterocycles. The summed E-state index contributed by atoms with van der Waals surface area (Å²) in [7, 11) is 0. The van der Waals surface area contributed by atoms with Crippen molar-refractivity contribution in [2.45, 2.75) is 45.4 Å². The van der Waals surface area contributed by atoms with Crippen molar-refractivity contribution in [2.75, 3.05) is 16.8 Å². The summed E-state index contributed by atoms with van der Waals surface area (Å²) in [6, 6.07) is 7.51. The van der Waals surface area contributed by atoms with Gasteiger partial charge in [-0.15, -0.1) is 0 Å². The number of aryl methyl sites for hydroxylation is 2. The van der Waals surface area contributed by atoms with Gasteiger partial charge in [0.15, 0.2) is 0 Å². The van der Waals surface area contributed by atoms with Gasteiger partial charge in [0.1, 0.15) is 0 Å². The number of aromatic nitrogens is 2. The van der Waals surface area contributed by atoms with Crippen LogP contribution in [-0.4, -0.2) is 28.5 Å². The fraction of sp³-hybridized carbons (Fsp3) is 0.364. The molecule has 7 heteroatoms. The summed E-state index contributed by atoms with van der Waals surface area (Å²) in [5.74, 6) is 0.338. The number of anilines is 2.